The summed E-state index contributed by atoms with van der Waals surface area (Å²) in [6, 6.07) is 0. The lowest BCUT2D eigenvalue weighted by Crippen LogP contribution is -2.27. The van der Waals surface area contributed by atoms with Gasteiger partial charge in [-0.2, -0.15) is 0 Å². The molecule has 2 aromatic rings. The zero-order valence-corrected chi connectivity index (χ0v) is 29.3. The first-order valence-electron chi connectivity index (χ1n) is 16.3. The van der Waals surface area contributed by atoms with Gasteiger partial charge in [0.2, 0.25) is 0 Å². The van der Waals surface area contributed by atoms with Crippen LogP contribution in [0.25, 0.3) is 18.2 Å². The van der Waals surface area contributed by atoms with Crippen molar-refractivity contribution in [1.29, 1.82) is 0 Å². The van der Waals surface area contributed by atoms with Gasteiger partial charge in [0.15, 0.2) is 0 Å². The summed E-state index contributed by atoms with van der Waals surface area (Å²) in [5.74, 6) is -1.29. The summed E-state index contributed by atoms with van der Waals surface area (Å²) in [6.07, 6.45) is 6.59. The first kappa shape index (κ1) is 35.5. The molecule has 3 aliphatic heterocycles. The third-order valence-electron chi connectivity index (χ3n) is 9.82. The van der Waals surface area contributed by atoms with Crippen LogP contribution >= 0.6 is 0 Å². The predicted molar refractivity (Wildman–Crippen MR) is 184 cm³/mol. The average molecular weight is 673 g/mol. The number of ether oxygens (including phenoxy) is 4. The number of aromatic amines is 2. The number of rotatable bonds is 8. The number of allylic oxidation sites excluding steroid dienone is 2. The van der Waals surface area contributed by atoms with Crippen LogP contribution in [0.5, 0.6) is 0 Å². The van der Waals surface area contributed by atoms with Crippen molar-refractivity contribution in [3.05, 3.63) is 72.3 Å². The Balaban J connectivity index is 1.79. The molecule has 0 aromatic carbocycles. The fourth-order valence-corrected chi connectivity index (χ4v) is 6.89. The van der Waals surface area contributed by atoms with Gasteiger partial charge in [-0.15, -0.1) is 0 Å². The van der Waals surface area contributed by atoms with E-state index in [9.17, 15) is 19.2 Å². The Morgan fingerprint density at radius 3 is 1.96 bits per heavy atom. The highest BCUT2D eigenvalue weighted by Crippen LogP contribution is 2.32. The molecule has 0 spiro atoms. The van der Waals surface area contributed by atoms with Gasteiger partial charge in [0.1, 0.15) is 0 Å². The van der Waals surface area contributed by atoms with Gasteiger partial charge in [0.05, 0.1) is 43.3 Å². The van der Waals surface area contributed by atoms with Gasteiger partial charge >= 0.3 is 11.9 Å². The van der Waals surface area contributed by atoms with Crippen molar-refractivity contribution in [2.75, 3.05) is 28.4 Å². The van der Waals surface area contributed by atoms with E-state index >= 15 is 0 Å². The zero-order chi connectivity index (χ0) is 35.6. The number of carbonyl (C=O) groups excluding carboxylic acids is 4. The number of aromatic nitrogens is 2. The number of esters is 2. The fraction of sp³-hybridized carbons (Fsp3) is 0.432. The molecule has 0 saturated carbocycles. The molecule has 49 heavy (non-hydrogen) atoms. The highest BCUT2D eigenvalue weighted by molar-refractivity contribution is 6.31. The number of H-pyrrole nitrogens is 2. The third kappa shape index (κ3) is 7.02. The van der Waals surface area contributed by atoms with Crippen molar-refractivity contribution in [1.82, 2.24) is 15.3 Å². The molecule has 0 fully saturated rings. The summed E-state index contributed by atoms with van der Waals surface area (Å²) in [7, 11) is 5.85. The predicted octanol–water partition coefficient (Wildman–Crippen LogP) is 2.69. The molecular weight excluding hydrogens is 628 g/mol. The molecule has 8 bridgehead atoms. The molecule has 5 rings (SSSR count). The second-order valence-electron chi connectivity index (χ2n) is 12.5. The Kier molecular flexibility index (Phi) is 10.7. The van der Waals surface area contributed by atoms with Gasteiger partial charge in [-0.05, 0) is 105 Å². The molecule has 2 atom stereocenters. The third-order valence-corrected chi connectivity index (χ3v) is 9.82. The molecule has 2 unspecified atom stereocenters. The average Bonchev–Trinajstić information content (AvgIpc) is 3.73. The minimum atomic E-state index is -0.561. The van der Waals surface area contributed by atoms with Gasteiger partial charge in [-0.3, -0.25) is 19.2 Å². The summed E-state index contributed by atoms with van der Waals surface area (Å²) >= 11 is 0. The van der Waals surface area contributed by atoms with Crippen LogP contribution in [0.15, 0.2) is 33.0 Å². The summed E-state index contributed by atoms with van der Waals surface area (Å²) in [4.78, 5) is 62.6. The van der Waals surface area contributed by atoms with E-state index < -0.39 is 12.2 Å². The number of carbonyl (C=O) groups is 4. The summed E-state index contributed by atoms with van der Waals surface area (Å²) < 4.78 is 21.5. The van der Waals surface area contributed by atoms with Gasteiger partial charge < -0.3 is 34.2 Å². The van der Waals surface area contributed by atoms with Crippen molar-refractivity contribution < 1.29 is 38.1 Å². The van der Waals surface area contributed by atoms with E-state index in [1.54, 1.807) is 14.2 Å². The number of nitrogens with one attached hydrogen (secondary N) is 3. The number of aliphatic imine (C=N–C) groups is 1. The molecular formula is C37H44N4O8. The zero-order valence-electron chi connectivity index (χ0n) is 29.3. The molecule has 260 valence electrons. The Morgan fingerprint density at radius 2 is 1.35 bits per heavy atom. The van der Waals surface area contributed by atoms with E-state index in [2.05, 4.69) is 20.3 Å². The minimum absolute atomic E-state index is 0.167. The van der Waals surface area contributed by atoms with Crippen LogP contribution in [0.4, 0.5) is 0 Å². The molecule has 2 aromatic heterocycles. The van der Waals surface area contributed by atoms with Gasteiger partial charge in [-0.25, -0.2) is 4.99 Å². The van der Waals surface area contributed by atoms with Crippen LogP contribution in [-0.2, 0) is 51.0 Å². The van der Waals surface area contributed by atoms with Crippen LogP contribution in [0.1, 0.15) is 73.2 Å². The lowest BCUT2D eigenvalue weighted by Gasteiger charge is -2.21. The van der Waals surface area contributed by atoms with Crippen LogP contribution in [0.2, 0.25) is 0 Å². The van der Waals surface area contributed by atoms with Crippen molar-refractivity contribution in [2.45, 2.75) is 78.4 Å². The fourth-order valence-electron chi connectivity index (χ4n) is 6.89. The Morgan fingerprint density at radius 1 is 0.735 bits per heavy atom. The molecule has 3 aliphatic rings. The number of nitrogens with zero attached hydrogens (tertiary/aromatic N) is 1. The first-order chi connectivity index (χ1) is 23.4. The Hall–Kier alpha value is -4.81. The van der Waals surface area contributed by atoms with E-state index in [0.717, 1.165) is 49.9 Å². The Bertz CT molecular complexity index is 1970. The van der Waals surface area contributed by atoms with E-state index in [4.69, 9.17) is 18.9 Å². The van der Waals surface area contributed by atoms with Crippen molar-refractivity contribution in [3.8, 4) is 0 Å². The summed E-state index contributed by atoms with van der Waals surface area (Å²) in [5, 5.41) is 4.50. The van der Waals surface area contributed by atoms with Crippen LogP contribution in [-0.4, -0.2) is 80.1 Å². The Labute approximate surface area is 285 Å². The van der Waals surface area contributed by atoms with Crippen molar-refractivity contribution in [3.63, 3.8) is 0 Å². The van der Waals surface area contributed by atoms with Crippen molar-refractivity contribution in [2.24, 2.45) is 4.99 Å². The largest absolute Gasteiger partial charge is 0.469 e. The second kappa shape index (κ2) is 14.8. The second-order valence-corrected chi connectivity index (χ2v) is 12.5. The number of hydrogen-bond donors (Lipinski definition) is 3. The molecule has 0 radical (unpaired) electrons. The monoisotopic (exact) mass is 672 g/mol. The number of fused-ring (bicyclic) bond motifs is 6. The smallest absolute Gasteiger partial charge is 0.305 e. The maximum atomic E-state index is 13.4. The molecule has 12 nitrogen and oxygen atoms in total. The molecule has 12 heteroatoms. The van der Waals surface area contributed by atoms with Crippen LogP contribution in [0, 0.1) is 13.8 Å². The van der Waals surface area contributed by atoms with Gasteiger partial charge in [-0.1, -0.05) is 0 Å². The number of methoxy groups -OCH3 is 4. The molecule has 3 N–H and O–H groups in total. The van der Waals surface area contributed by atoms with E-state index in [-0.39, 0.29) is 36.6 Å². The maximum absolute atomic E-state index is 13.4. The topological polar surface area (TPSA) is 161 Å². The minimum Gasteiger partial charge on any atom is -0.469 e. The van der Waals surface area contributed by atoms with Crippen LogP contribution in [0.3, 0.4) is 0 Å². The summed E-state index contributed by atoms with van der Waals surface area (Å²) in [6.45, 7) is 7.66. The number of amides is 2. The summed E-state index contributed by atoms with van der Waals surface area (Å²) in [5.41, 5.74) is 8.73. The quantitative estimate of drug-likeness (QED) is 0.361. The maximum Gasteiger partial charge on any atom is 0.305 e. The molecule has 0 aliphatic carbocycles. The van der Waals surface area contributed by atoms with Gasteiger partial charge in [0.25, 0.3) is 11.8 Å². The normalized spacial score (nSPS) is 21.8. The SMILES string of the molecule is COC(=O)CCc1c2[nH]c(c1C)/C=C1/NC(=O)C(=C1C)C(OC)CCC(OC)C1=C(C)C(=NC1=O)/C=c1\[nH]/c(c(CCC(=O)OC)c1C)=C\2. The standard InChI is InChI=1S/C37H44N4O8/c1-18-22(9-13-32(42)48-7)28-17-29-23(10-14-33(43)49-8)19(2)25(39-29)16-27-21(4)35(37(45)41-27)31(47-6)12-11-30(46-5)34-20(3)26(40-36(34)44)15-24(18)38-28/h15-17,30-31,38-39H,9-14H2,1-8H3,(H,40,44)/b25-16-,26-15+,29-17-. The lowest BCUT2D eigenvalue weighted by molar-refractivity contribution is -0.141. The van der Waals surface area contributed by atoms with E-state index in [1.165, 1.54) is 14.2 Å². The number of hydrogen-bond acceptors (Lipinski definition) is 8. The molecule has 2 amide bonds. The molecule has 5 heterocycles. The van der Waals surface area contributed by atoms with Crippen LogP contribution < -0.4 is 16.0 Å². The van der Waals surface area contributed by atoms with Crippen molar-refractivity contribution >= 4 is 47.7 Å². The highest BCUT2D eigenvalue weighted by Gasteiger charge is 2.34. The highest BCUT2D eigenvalue weighted by atomic mass is 16.5. The molecule has 0 saturated heterocycles. The van der Waals surface area contributed by atoms with E-state index in [0.29, 0.717) is 53.8 Å². The van der Waals surface area contributed by atoms with E-state index in [1.807, 2.05) is 45.9 Å². The first-order valence-corrected chi connectivity index (χ1v) is 16.3. The lowest BCUT2D eigenvalue weighted by atomic mass is 9.94. The van der Waals surface area contributed by atoms with Gasteiger partial charge in [0, 0.05) is 54.8 Å².